The van der Waals surface area contributed by atoms with Gasteiger partial charge in [-0.2, -0.15) is 0 Å². The minimum Gasteiger partial charge on any atom is -0.481 e. The highest BCUT2D eigenvalue weighted by Crippen LogP contribution is 2.44. The van der Waals surface area contributed by atoms with Crippen molar-refractivity contribution in [2.24, 2.45) is 0 Å². The number of amides is 1. The van der Waals surface area contributed by atoms with Crippen LogP contribution < -0.4 is 5.32 Å². The number of fused-ring (bicyclic) bond motifs is 3. The number of ether oxygens (including phenoxy) is 1. The molecule has 3 aromatic carbocycles. The summed E-state index contributed by atoms with van der Waals surface area (Å²) < 4.78 is 5.47. The maximum absolute atomic E-state index is 12.3. The molecule has 1 aliphatic rings. The number of carboxylic acids is 1. The molecule has 7 heteroatoms. The molecule has 0 radical (unpaired) electrons. The van der Waals surface area contributed by atoms with Crippen molar-refractivity contribution in [3.05, 3.63) is 95.1 Å². The number of hydrogen-bond acceptors (Lipinski definition) is 5. The van der Waals surface area contributed by atoms with Gasteiger partial charge < -0.3 is 25.4 Å². The molecule has 0 saturated carbocycles. The van der Waals surface area contributed by atoms with Gasteiger partial charge in [-0.1, -0.05) is 72.8 Å². The molecule has 0 aliphatic heterocycles. The summed E-state index contributed by atoms with van der Waals surface area (Å²) >= 11 is 0. The monoisotopic (exact) mass is 461 g/mol. The molecule has 2 unspecified atom stereocenters. The fraction of sp³-hybridized carbons (Fsp3) is 0.259. The van der Waals surface area contributed by atoms with Crippen molar-refractivity contribution in [2.45, 2.75) is 31.0 Å². The zero-order valence-electron chi connectivity index (χ0n) is 18.6. The second-order valence-electron chi connectivity index (χ2n) is 8.32. The van der Waals surface area contributed by atoms with Gasteiger partial charge in [-0.3, -0.25) is 4.79 Å². The van der Waals surface area contributed by atoms with Crippen LogP contribution in [0, 0.1) is 0 Å². The number of benzene rings is 3. The third kappa shape index (κ3) is 5.11. The van der Waals surface area contributed by atoms with Gasteiger partial charge in [0.25, 0.3) is 0 Å². The van der Waals surface area contributed by atoms with Crippen LogP contribution in [0.2, 0.25) is 0 Å². The molecule has 0 bridgehead atoms. The molecular formula is C27H27NO6. The molecule has 0 spiro atoms. The maximum Gasteiger partial charge on any atom is 0.407 e. The topological polar surface area (TPSA) is 116 Å². The summed E-state index contributed by atoms with van der Waals surface area (Å²) in [4.78, 5) is 23.3. The molecule has 34 heavy (non-hydrogen) atoms. The Kier molecular flexibility index (Phi) is 7.25. The van der Waals surface area contributed by atoms with Crippen molar-refractivity contribution in [2.75, 3.05) is 13.2 Å². The van der Waals surface area contributed by atoms with Gasteiger partial charge in [-0.05, 0) is 39.8 Å². The highest BCUT2D eigenvalue weighted by molar-refractivity contribution is 5.79. The minimum atomic E-state index is -1.26. The number of aliphatic hydroxyl groups is 2. The highest BCUT2D eigenvalue weighted by Gasteiger charge is 2.29. The molecular weight excluding hydrogens is 434 g/mol. The van der Waals surface area contributed by atoms with E-state index in [1.165, 1.54) is 0 Å². The summed E-state index contributed by atoms with van der Waals surface area (Å²) in [6.45, 7) is 0.281. The summed E-state index contributed by atoms with van der Waals surface area (Å²) in [7, 11) is 0. The molecule has 4 N–H and O–H groups in total. The predicted molar refractivity (Wildman–Crippen MR) is 126 cm³/mol. The van der Waals surface area contributed by atoms with E-state index >= 15 is 0 Å². The summed E-state index contributed by atoms with van der Waals surface area (Å²) in [6, 6.07) is 22.7. The maximum atomic E-state index is 12.3. The van der Waals surface area contributed by atoms with Crippen LogP contribution in [0.5, 0.6) is 0 Å². The molecule has 0 saturated heterocycles. The van der Waals surface area contributed by atoms with E-state index in [0.717, 1.165) is 22.3 Å². The van der Waals surface area contributed by atoms with E-state index in [2.05, 4.69) is 17.4 Å². The quantitative estimate of drug-likeness (QED) is 0.387. The van der Waals surface area contributed by atoms with Crippen LogP contribution >= 0.6 is 0 Å². The van der Waals surface area contributed by atoms with Gasteiger partial charge in [0.2, 0.25) is 0 Å². The van der Waals surface area contributed by atoms with E-state index in [1.54, 1.807) is 24.3 Å². The molecule has 3 aromatic rings. The molecule has 7 nitrogen and oxygen atoms in total. The van der Waals surface area contributed by atoms with Crippen LogP contribution in [-0.2, 0) is 16.0 Å². The van der Waals surface area contributed by atoms with Crippen molar-refractivity contribution in [1.82, 2.24) is 5.32 Å². The van der Waals surface area contributed by atoms with Crippen LogP contribution in [0.15, 0.2) is 72.8 Å². The molecule has 176 valence electrons. The van der Waals surface area contributed by atoms with Gasteiger partial charge in [-0.15, -0.1) is 0 Å². The standard InChI is InChI=1S/C27H27NO6/c29-24(26(32)18-8-2-1-7-17(18)15-25(30)31)13-14-28-27(33)34-16-23-21-11-5-3-9-19(21)20-10-4-6-12-22(20)23/h1-12,23-24,26,29,32H,13-16H2,(H,28,33)(H,30,31). The minimum absolute atomic E-state index is 0.0451. The van der Waals surface area contributed by atoms with E-state index in [0.29, 0.717) is 11.1 Å². The first-order chi connectivity index (χ1) is 16.5. The third-order valence-corrected chi connectivity index (χ3v) is 6.13. The van der Waals surface area contributed by atoms with Crippen LogP contribution in [-0.4, -0.2) is 46.6 Å². The zero-order chi connectivity index (χ0) is 24.1. The third-order valence-electron chi connectivity index (χ3n) is 6.13. The number of carboxylic acid groups (broad SMARTS) is 1. The Morgan fingerprint density at radius 2 is 1.47 bits per heavy atom. The van der Waals surface area contributed by atoms with Crippen molar-refractivity contribution < 1.29 is 29.6 Å². The average Bonchev–Trinajstić information content (AvgIpc) is 3.16. The summed E-state index contributed by atoms with van der Waals surface area (Å²) in [5.74, 6) is -1.07. The fourth-order valence-electron chi connectivity index (χ4n) is 4.48. The first kappa shape index (κ1) is 23.5. The van der Waals surface area contributed by atoms with E-state index < -0.39 is 24.3 Å². The Morgan fingerprint density at radius 3 is 2.12 bits per heavy atom. The van der Waals surface area contributed by atoms with Gasteiger partial charge in [0, 0.05) is 12.5 Å². The summed E-state index contributed by atoms with van der Waals surface area (Å²) in [5.41, 5.74) is 5.33. The lowest BCUT2D eigenvalue weighted by Gasteiger charge is -2.21. The van der Waals surface area contributed by atoms with Gasteiger partial charge in [0.15, 0.2) is 0 Å². The lowest BCUT2D eigenvalue weighted by molar-refractivity contribution is -0.136. The van der Waals surface area contributed by atoms with Crippen molar-refractivity contribution in [1.29, 1.82) is 0 Å². The number of carbonyl (C=O) groups excluding carboxylic acids is 1. The Morgan fingerprint density at radius 1 is 0.882 bits per heavy atom. The average molecular weight is 462 g/mol. The van der Waals surface area contributed by atoms with Crippen molar-refractivity contribution in [3.8, 4) is 11.1 Å². The summed E-state index contributed by atoms with van der Waals surface area (Å²) in [5, 5.41) is 32.5. The lowest BCUT2D eigenvalue weighted by Crippen LogP contribution is -2.31. The van der Waals surface area contributed by atoms with Gasteiger partial charge in [-0.25, -0.2) is 4.79 Å². The highest BCUT2D eigenvalue weighted by atomic mass is 16.5. The molecule has 1 amide bonds. The SMILES string of the molecule is O=C(O)Cc1ccccc1C(O)C(O)CCNC(=O)OCC1c2ccccc2-c2ccccc21. The van der Waals surface area contributed by atoms with Crippen molar-refractivity contribution in [3.63, 3.8) is 0 Å². The number of aliphatic carboxylic acids is 1. The number of hydrogen-bond donors (Lipinski definition) is 4. The smallest absolute Gasteiger partial charge is 0.407 e. The number of aliphatic hydroxyl groups excluding tert-OH is 2. The Labute approximate surface area is 197 Å². The van der Waals surface area contributed by atoms with Crippen LogP contribution in [0.1, 0.15) is 40.7 Å². The predicted octanol–water partition coefficient (Wildman–Crippen LogP) is 3.64. The van der Waals surface area contributed by atoms with Gasteiger partial charge in [0.05, 0.1) is 12.5 Å². The zero-order valence-corrected chi connectivity index (χ0v) is 18.6. The second kappa shape index (κ2) is 10.5. The van der Waals surface area contributed by atoms with Crippen LogP contribution in [0.4, 0.5) is 4.79 Å². The largest absolute Gasteiger partial charge is 0.481 e. The molecule has 2 atom stereocenters. The van der Waals surface area contributed by atoms with Gasteiger partial charge >= 0.3 is 12.1 Å². The fourth-order valence-corrected chi connectivity index (χ4v) is 4.48. The molecule has 1 aliphatic carbocycles. The van der Waals surface area contributed by atoms with E-state index in [4.69, 9.17) is 9.84 Å². The Balaban J connectivity index is 1.29. The number of rotatable bonds is 9. The molecule has 0 aromatic heterocycles. The van der Waals surface area contributed by atoms with Crippen LogP contribution in [0.3, 0.4) is 0 Å². The first-order valence-corrected chi connectivity index (χ1v) is 11.2. The van der Waals surface area contributed by atoms with Gasteiger partial charge in [0.1, 0.15) is 12.7 Å². The normalized spacial score (nSPS) is 14.1. The Hall–Kier alpha value is -3.68. The van der Waals surface area contributed by atoms with Crippen LogP contribution in [0.25, 0.3) is 11.1 Å². The second-order valence-corrected chi connectivity index (χ2v) is 8.32. The number of alkyl carbamates (subject to hydrolysis) is 1. The lowest BCUT2D eigenvalue weighted by atomic mass is 9.95. The van der Waals surface area contributed by atoms with Crippen molar-refractivity contribution >= 4 is 12.1 Å². The van der Waals surface area contributed by atoms with E-state index in [-0.39, 0.29) is 31.9 Å². The molecule has 4 rings (SSSR count). The molecule has 0 fully saturated rings. The van der Waals surface area contributed by atoms with E-state index in [9.17, 15) is 19.8 Å². The van der Waals surface area contributed by atoms with E-state index in [1.807, 2.05) is 36.4 Å². The molecule has 0 heterocycles. The number of nitrogens with one attached hydrogen (secondary N) is 1. The first-order valence-electron chi connectivity index (χ1n) is 11.2. The summed E-state index contributed by atoms with van der Waals surface area (Å²) in [6.07, 6.45) is -3.22. The number of carbonyl (C=O) groups is 2. The Bertz CT molecular complexity index is 1130.